The summed E-state index contributed by atoms with van der Waals surface area (Å²) in [5.41, 5.74) is 8.42. The SMILES string of the molecule is N[C@H]1COc2cc(N3CC[CH-]CC3)ccc2C1.[CH2-]C.[Co+2]. The first-order valence-corrected chi connectivity index (χ1v) is 7.11. The second-order valence-electron chi connectivity index (χ2n) is 4.92. The Morgan fingerprint density at radius 1 is 1.30 bits per heavy atom. The molecule has 4 heteroatoms. The van der Waals surface area contributed by atoms with Crippen molar-refractivity contribution >= 4 is 5.69 Å². The van der Waals surface area contributed by atoms with E-state index in [0.717, 1.165) is 25.3 Å². The molecule has 0 amide bonds. The van der Waals surface area contributed by atoms with Gasteiger partial charge < -0.3 is 28.7 Å². The first kappa shape index (κ1) is 17.3. The molecule has 1 fully saturated rings. The molecular weight excluding hydrogens is 295 g/mol. The summed E-state index contributed by atoms with van der Waals surface area (Å²) in [7, 11) is 0. The number of anilines is 1. The summed E-state index contributed by atoms with van der Waals surface area (Å²) in [6.45, 7) is 7.89. The number of rotatable bonds is 1. The van der Waals surface area contributed by atoms with Gasteiger partial charge in [-0.3, -0.25) is 0 Å². The first-order valence-electron chi connectivity index (χ1n) is 7.11. The van der Waals surface area contributed by atoms with Gasteiger partial charge in [0.25, 0.3) is 0 Å². The summed E-state index contributed by atoms with van der Waals surface area (Å²) >= 11 is 0. The maximum atomic E-state index is 5.89. The molecule has 0 aliphatic carbocycles. The largest absolute Gasteiger partial charge is 2.00 e. The molecule has 2 aliphatic rings. The number of nitrogens with zero attached hydrogens (tertiary/aromatic N) is 1. The molecular formula is C16H24CoN2O. The Morgan fingerprint density at radius 2 is 2.00 bits per heavy atom. The Bertz CT molecular complexity index is 405. The Kier molecular flexibility index (Phi) is 7.41. The number of benzene rings is 1. The third-order valence-corrected chi connectivity index (χ3v) is 3.56. The van der Waals surface area contributed by atoms with E-state index in [1.54, 1.807) is 6.92 Å². The van der Waals surface area contributed by atoms with E-state index in [0.29, 0.717) is 6.61 Å². The van der Waals surface area contributed by atoms with E-state index in [2.05, 4.69) is 36.4 Å². The summed E-state index contributed by atoms with van der Waals surface area (Å²) in [5.74, 6) is 1.03. The van der Waals surface area contributed by atoms with Gasteiger partial charge in [-0.2, -0.15) is 19.8 Å². The van der Waals surface area contributed by atoms with Crippen molar-refractivity contribution in [3.8, 4) is 5.75 Å². The van der Waals surface area contributed by atoms with Crippen LogP contribution >= 0.6 is 0 Å². The normalized spacial score (nSPS) is 20.8. The summed E-state index contributed by atoms with van der Waals surface area (Å²) in [4.78, 5) is 2.43. The summed E-state index contributed by atoms with van der Waals surface area (Å²) in [5, 5.41) is 0. The van der Waals surface area contributed by atoms with Gasteiger partial charge in [-0.1, -0.05) is 6.07 Å². The molecule has 20 heavy (non-hydrogen) atoms. The van der Waals surface area contributed by atoms with Gasteiger partial charge in [-0.15, -0.1) is 0 Å². The summed E-state index contributed by atoms with van der Waals surface area (Å²) in [6, 6.07) is 6.69. The summed E-state index contributed by atoms with van der Waals surface area (Å²) < 4.78 is 5.71. The molecule has 0 saturated carbocycles. The van der Waals surface area contributed by atoms with Crippen LogP contribution in [0.5, 0.6) is 5.75 Å². The number of fused-ring (bicyclic) bond motifs is 1. The van der Waals surface area contributed by atoms with E-state index in [-0.39, 0.29) is 22.8 Å². The quantitative estimate of drug-likeness (QED) is 0.809. The first-order chi connectivity index (χ1) is 9.33. The van der Waals surface area contributed by atoms with E-state index in [1.165, 1.54) is 24.1 Å². The van der Waals surface area contributed by atoms with Gasteiger partial charge in [0.1, 0.15) is 12.4 Å². The zero-order valence-corrected chi connectivity index (χ0v) is 13.1. The molecule has 0 bridgehead atoms. The monoisotopic (exact) mass is 319 g/mol. The van der Waals surface area contributed by atoms with Crippen LogP contribution in [0.2, 0.25) is 0 Å². The fourth-order valence-corrected chi connectivity index (χ4v) is 2.59. The molecule has 1 aromatic carbocycles. The Labute approximate surface area is 133 Å². The van der Waals surface area contributed by atoms with Gasteiger partial charge in [0, 0.05) is 17.8 Å². The smallest absolute Gasteiger partial charge is 0.492 e. The van der Waals surface area contributed by atoms with Crippen LogP contribution in [0.4, 0.5) is 5.69 Å². The van der Waals surface area contributed by atoms with Crippen molar-refractivity contribution in [2.45, 2.75) is 32.2 Å². The van der Waals surface area contributed by atoms with Gasteiger partial charge >= 0.3 is 16.8 Å². The van der Waals surface area contributed by atoms with Crippen molar-refractivity contribution in [1.29, 1.82) is 0 Å². The molecule has 1 aromatic rings. The van der Waals surface area contributed by atoms with Crippen molar-refractivity contribution in [3.05, 3.63) is 37.1 Å². The molecule has 0 spiro atoms. The zero-order valence-electron chi connectivity index (χ0n) is 12.1. The molecule has 113 valence electrons. The molecule has 0 unspecified atom stereocenters. The molecule has 3 rings (SSSR count). The minimum absolute atomic E-state index is 0. The van der Waals surface area contributed by atoms with E-state index in [1.807, 2.05) is 0 Å². The van der Waals surface area contributed by atoms with Crippen LogP contribution in [0, 0.1) is 13.3 Å². The maximum absolute atomic E-state index is 5.89. The number of piperidine rings is 1. The van der Waals surface area contributed by atoms with Crippen molar-refractivity contribution in [3.63, 3.8) is 0 Å². The summed E-state index contributed by atoms with van der Waals surface area (Å²) in [6.07, 6.45) is 5.67. The van der Waals surface area contributed by atoms with Gasteiger partial charge in [-0.05, 0) is 31.1 Å². The Balaban J connectivity index is 0.000000639. The molecule has 1 radical (unpaired) electrons. The van der Waals surface area contributed by atoms with Crippen LogP contribution in [-0.2, 0) is 23.2 Å². The minimum Gasteiger partial charge on any atom is -0.492 e. The number of hydrogen-bond acceptors (Lipinski definition) is 3. The van der Waals surface area contributed by atoms with Crippen LogP contribution in [0.1, 0.15) is 25.3 Å². The topological polar surface area (TPSA) is 38.5 Å². The van der Waals surface area contributed by atoms with Gasteiger partial charge in [0.05, 0.1) is 0 Å². The number of hydrogen-bond donors (Lipinski definition) is 1. The second-order valence-corrected chi connectivity index (χ2v) is 4.92. The van der Waals surface area contributed by atoms with Crippen LogP contribution < -0.4 is 15.4 Å². The van der Waals surface area contributed by atoms with Crippen LogP contribution in [0.25, 0.3) is 0 Å². The van der Waals surface area contributed by atoms with E-state index < -0.39 is 0 Å². The van der Waals surface area contributed by atoms with Gasteiger partial charge in [-0.25, -0.2) is 0 Å². The molecule has 1 saturated heterocycles. The van der Waals surface area contributed by atoms with Crippen LogP contribution in [0.15, 0.2) is 18.2 Å². The van der Waals surface area contributed by atoms with E-state index in [9.17, 15) is 0 Å². The van der Waals surface area contributed by atoms with Gasteiger partial charge in [0.2, 0.25) is 0 Å². The van der Waals surface area contributed by atoms with Gasteiger partial charge in [0.15, 0.2) is 0 Å². The third-order valence-electron chi connectivity index (χ3n) is 3.56. The van der Waals surface area contributed by atoms with Crippen molar-refractivity contribution in [1.82, 2.24) is 0 Å². The predicted octanol–water partition coefficient (Wildman–Crippen LogP) is 2.59. The van der Waals surface area contributed by atoms with E-state index >= 15 is 0 Å². The molecule has 0 aromatic heterocycles. The average Bonchev–Trinajstić information content (AvgIpc) is 2.49. The predicted molar refractivity (Wildman–Crippen MR) is 80.4 cm³/mol. The van der Waals surface area contributed by atoms with Crippen molar-refractivity contribution in [2.75, 3.05) is 24.6 Å². The Morgan fingerprint density at radius 3 is 2.70 bits per heavy atom. The zero-order chi connectivity index (χ0) is 13.7. The molecule has 2 heterocycles. The molecule has 3 nitrogen and oxygen atoms in total. The average molecular weight is 319 g/mol. The Hall–Kier alpha value is -0.714. The molecule has 1 atom stereocenters. The van der Waals surface area contributed by atoms with Crippen molar-refractivity contribution in [2.24, 2.45) is 5.73 Å². The van der Waals surface area contributed by atoms with E-state index in [4.69, 9.17) is 10.5 Å². The second kappa shape index (κ2) is 8.55. The fourth-order valence-electron chi connectivity index (χ4n) is 2.59. The standard InChI is InChI=1S/C14H19N2O.C2H5.Co/c15-12-8-11-4-5-13(9-14(11)17-10-12)16-6-2-1-3-7-16;1-2;/h1,4-5,9,12H,2-3,6-8,10,15H2;1H2,2H3;/q2*-1;+2/t12-;;/m1../s1. The van der Waals surface area contributed by atoms with Crippen molar-refractivity contribution < 1.29 is 21.5 Å². The number of nitrogens with two attached hydrogens (primary N) is 1. The maximum Gasteiger partial charge on any atom is 2.00 e. The minimum atomic E-state index is 0. The number of ether oxygens (including phenoxy) is 1. The molecule has 2 aliphatic heterocycles. The fraction of sp³-hybridized carbons (Fsp3) is 0.500. The van der Waals surface area contributed by atoms with Crippen LogP contribution in [0.3, 0.4) is 0 Å². The third kappa shape index (κ3) is 4.14. The van der Waals surface area contributed by atoms with Crippen LogP contribution in [-0.4, -0.2) is 25.7 Å². The molecule has 2 N–H and O–H groups in total.